The van der Waals surface area contributed by atoms with Crippen LogP contribution in [0.25, 0.3) is 0 Å². The van der Waals surface area contributed by atoms with Crippen LogP contribution in [0.15, 0.2) is 36.4 Å². The van der Waals surface area contributed by atoms with Crippen LogP contribution >= 0.6 is 0 Å². The summed E-state index contributed by atoms with van der Waals surface area (Å²) in [5.74, 6) is -2.68. The van der Waals surface area contributed by atoms with Crippen LogP contribution in [0, 0.1) is 20.2 Å². The quantitative estimate of drug-likeness (QED) is 0.331. The Morgan fingerprint density at radius 3 is 1.91 bits per heavy atom. The molecule has 0 saturated heterocycles. The molecule has 0 bridgehead atoms. The fourth-order valence-corrected chi connectivity index (χ4v) is 2.63. The molecule has 0 fully saturated rings. The average molecular weight is 445 g/mol. The van der Waals surface area contributed by atoms with Crippen molar-refractivity contribution in [1.82, 2.24) is 5.32 Å². The first-order chi connectivity index (χ1) is 15.0. The second kappa shape index (κ2) is 9.97. The molecule has 2 aromatic carbocycles. The Labute approximate surface area is 180 Å². The zero-order valence-electron chi connectivity index (χ0n) is 16.9. The number of hydrogen-bond donors (Lipinski definition) is 4. The highest BCUT2D eigenvalue weighted by Crippen LogP contribution is 2.36. The lowest BCUT2D eigenvalue weighted by molar-refractivity contribution is -0.392. The third-order valence-corrected chi connectivity index (χ3v) is 3.99. The Hall–Kier alpha value is -4.55. The molecule has 0 aliphatic carbocycles. The number of hydrogen-bond acceptors (Lipinski definition) is 8. The Morgan fingerprint density at radius 2 is 1.47 bits per heavy atom. The van der Waals surface area contributed by atoms with E-state index in [1.165, 1.54) is 24.3 Å². The topological polar surface area (TPSA) is 194 Å². The van der Waals surface area contributed by atoms with Crippen molar-refractivity contribution in [3.05, 3.63) is 67.8 Å². The number of carbonyl (C=O) groups excluding carboxylic acids is 2. The molecule has 4 N–H and O–H groups in total. The van der Waals surface area contributed by atoms with Gasteiger partial charge in [0.1, 0.15) is 6.54 Å². The Kier molecular flexibility index (Phi) is 7.39. The van der Waals surface area contributed by atoms with Gasteiger partial charge in [0.25, 0.3) is 23.2 Å². The molecule has 0 radical (unpaired) electrons. The summed E-state index contributed by atoms with van der Waals surface area (Å²) in [6.07, 6.45) is 0. The Balaban J connectivity index is 2.29. The number of benzene rings is 2. The predicted octanol–water partition coefficient (Wildman–Crippen LogP) is 2.39. The van der Waals surface area contributed by atoms with Crippen LogP contribution in [0.5, 0.6) is 0 Å². The molecule has 0 unspecified atom stereocenters. The number of carboxylic acid groups (broad SMARTS) is 1. The number of amides is 2. The molecule has 0 aliphatic rings. The number of anilines is 2. The van der Waals surface area contributed by atoms with E-state index >= 15 is 0 Å². The third kappa shape index (κ3) is 5.98. The predicted molar refractivity (Wildman–Crippen MR) is 113 cm³/mol. The molecule has 13 heteroatoms. The lowest BCUT2D eigenvalue weighted by atomic mass is 10.1. The van der Waals surface area contributed by atoms with Crippen molar-refractivity contribution in [2.24, 2.45) is 0 Å². The van der Waals surface area contributed by atoms with E-state index in [4.69, 9.17) is 5.11 Å². The normalized spacial score (nSPS) is 10.3. The standard InChI is InChI=1S/C19H19N5O8/c1-10(2)21-17-14(23(29)30)7-12(8-15(17)24(31)32)19(28)22-13-5-3-11(4-6-13)18(27)20-9-16(25)26/h3-8,10,21H,9H2,1-2H3,(H,20,27)(H,22,28)(H,25,26). The summed E-state index contributed by atoms with van der Waals surface area (Å²) in [5, 5.41) is 38.7. The van der Waals surface area contributed by atoms with Crippen molar-refractivity contribution in [1.29, 1.82) is 0 Å². The van der Waals surface area contributed by atoms with Gasteiger partial charge in [-0.3, -0.25) is 34.6 Å². The molecule has 0 saturated carbocycles. The molecule has 32 heavy (non-hydrogen) atoms. The number of rotatable bonds is 9. The molecule has 0 aliphatic heterocycles. The van der Waals surface area contributed by atoms with E-state index < -0.39 is 45.5 Å². The molecular weight excluding hydrogens is 426 g/mol. The van der Waals surface area contributed by atoms with Gasteiger partial charge in [-0.15, -0.1) is 0 Å². The van der Waals surface area contributed by atoms with E-state index in [0.29, 0.717) is 0 Å². The zero-order chi connectivity index (χ0) is 24.0. The fraction of sp³-hybridized carbons (Fsp3) is 0.211. The first-order valence-corrected chi connectivity index (χ1v) is 9.14. The maximum absolute atomic E-state index is 12.6. The second-order valence-electron chi connectivity index (χ2n) is 6.81. The number of nitrogens with one attached hydrogen (secondary N) is 3. The van der Waals surface area contributed by atoms with Crippen molar-refractivity contribution < 1.29 is 29.3 Å². The molecule has 2 aromatic rings. The van der Waals surface area contributed by atoms with Crippen LogP contribution in [0.4, 0.5) is 22.7 Å². The van der Waals surface area contributed by atoms with E-state index in [-0.39, 0.29) is 28.5 Å². The minimum atomic E-state index is -1.21. The number of nitro groups is 2. The van der Waals surface area contributed by atoms with Crippen LogP contribution in [0.1, 0.15) is 34.6 Å². The van der Waals surface area contributed by atoms with Crippen molar-refractivity contribution in [2.45, 2.75) is 19.9 Å². The van der Waals surface area contributed by atoms with Gasteiger partial charge in [-0.05, 0) is 38.1 Å². The summed E-state index contributed by atoms with van der Waals surface area (Å²) in [7, 11) is 0. The summed E-state index contributed by atoms with van der Waals surface area (Å²) in [6, 6.07) is 6.89. The summed E-state index contributed by atoms with van der Waals surface area (Å²) < 4.78 is 0. The maximum Gasteiger partial charge on any atom is 0.322 e. The van der Waals surface area contributed by atoms with Crippen molar-refractivity contribution in [3.63, 3.8) is 0 Å². The van der Waals surface area contributed by atoms with Gasteiger partial charge < -0.3 is 21.1 Å². The molecule has 0 spiro atoms. The molecule has 2 amide bonds. The van der Waals surface area contributed by atoms with E-state index in [2.05, 4.69) is 16.0 Å². The van der Waals surface area contributed by atoms with Crippen LogP contribution in [-0.2, 0) is 4.79 Å². The maximum atomic E-state index is 12.6. The van der Waals surface area contributed by atoms with E-state index in [1.807, 2.05) is 0 Å². The fourth-order valence-electron chi connectivity index (χ4n) is 2.63. The van der Waals surface area contributed by atoms with Gasteiger partial charge >= 0.3 is 5.97 Å². The third-order valence-electron chi connectivity index (χ3n) is 3.99. The van der Waals surface area contributed by atoms with Gasteiger partial charge in [-0.2, -0.15) is 0 Å². The first-order valence-electron chi connectivity index (χ1n) is 9.14. The number of carbonyl (C=O) groups is 3. The van der Waals surface area contributed by atoms with Gasteiger partial charge in [-0.1, -0.05) is 0 Å². The van der Waals surface area contributed by atoms with Crippen molar-refractivity contribution >= 4 is 40.5 Å². The summed E-state index contributed by atoms with van der Waals surface area (Å²) in [5.41, 5.74) is -1.50. The van der Waals surface area contributed by atoms with E-state index in [0.717, 1.165) is 12.1 Å². The minimum Gasteiger partial charge on any atom is -0.480 e. The average Bonchev–Trinajstić information content (AvgIpc) is 2.71. The van der Waals surface area contributed by atoms with Gasteiger partial charge in [0, 0.05) is 29.4 Å². The largest absolute Gasteiger partial charge is 0.480 e. The van der Waals surface area contributed by atoms with Crippen LogP contribution in [0.3, 0.4) is 0 Å². The monoisotopic (exact) mass is 445 g/mol. The van der Waals surface area contributed by atoms with Gasteiger partial charge in [-0.25, -0.2) is 0 Å². The smallest absolute Gasteiger partial charge is 0.322 e. The molecule has 0 atom stereocenters. The van der Waals surface area contributed by atoms with E-state index in [1.54, 1.807) is 13.8 Å². The van der Waals surface area contributed by atoms with E-state index in [9.17, 15) is 34.6 Å². The summed E-state index contributed by atoms with van der Waals surface area (Å²) in [4.78, 5) is 56.1. The number of nitrogens with zero attached hydrogens (tertiary/aromatic N) is 2. The number of nitro benzene ring substituents is 2. The van der Waals surface area contributed by atoms with Crippen molar-refractivity contribution in [3.8, 4) is 0 Å². The molecule has 2 rings (SSSR count). The molecular formula is C19H19N5O8. The minimum absolute atomic E-state index is 0.139. The molecule has 13 nitrogen and oxygen atoms in total. The SMILES string of the molecule is CC(C)Nc1c([N+](=O)[O-])cc(C(=O)Nc2ccc(C(=O)NCC(=O)O)cc2)cc1[N+](=O)[O-]. The molecule has 0 heterocycles. The number of aliphatic carboxylic acids is 1. The Bertz CT molecular complexity index is 1050. The van der Waals surface area contributed by atoms with Crippen LogP contribution < -0.4 is 16.0 Å². The zero-order valence-corrected chi connectivity index (χ0v) is 16.9. The number of carboxylic acids is 1. The van der Waals surface area contributed by atoms with Gasteiger partial charge in [0.2, 0.25) is 0 Å². The lowest BCUT2D eigenvalue weighted by Crippen LogP contribution is -2.29. The Morgan fingerprint density at radius 1 is 0.938 bits per heavy atom. The van der Waals surface area contributed by atoms with Gasteiger partial charge in [0.05, 0.1) is 15.4 Å². The highest BCUT2D eigenvalue weighted by atomic mass is 16.6. The molecule has 0 aromatic heterocycles. The molecule has 168 valence electrons. The van der Waals surface area contributed by atoms with Crippen molar-refractivity contribution in [2.75, 3.05) is 17.2 Å². The second-order valence-corrected chi connectivity index (χ2v) is 6.81. The van der Waals surface area contributed by atoms with Gasteiger partial charge in [0.15, 0.2) is 5.69 Å². The summed E-state index contributed by atoms with van der Waals surface area (Å²) in [6.45, 7) is 2.75. The summed E-state index contributed by atoms with van der Waals surface area (Å²) >= 11 is 0. The highest BCUT2D eigenvalue weighted by molar-refractivity contribution is 6.06. The van der Waals surface area contributed by atoms with Crippen LogP contribution in [-0.4, -0.2) is 45.3 Å². The highest BCUT2D eigenvalue weighted by Gasteiger charge is 2.29. The van der Waals surface area contributed by atoms with Crippen LogP contribution in [0.2, 0.25) is 0 Å². The first kappa shape index (κ1) is 23.7. The lowest BCUT2D eigenvalue weighted by Gasteiger charge is -2.12.